The minimum absolute atomic E-state index is 0.239. The van der Waals surface area contributed by atoms with Crippen LogP contribution < -0.4 is 15.2 Å². The minimum atomic E-state index is 0.239. The number of fused-ring (bicyclic) bond motifs is 2. The van der Waals surface area contributed by atoms with Gasteiger partial charge in [0.15, 0.2) is 17.1 Å². The Labute approximate surface area is 149 Å². The summed E-state index contributed by atoms with van der Waals surface area (Å²) in [6.07, 6.45) is 1.43. The van der Waals surface area contributed by atoms with Gasteiger partial charge in [0.05, 0.1) is 11.1 Å². The highest BCUT2D eigenvalue weighted by Gasteiger charge is 2.17. The topological polar surface area (TPSA) is 83.2 Å². The summed E-state index contributed by atoms with van der Waals surface area (Å²) in [7, 11) is 0. The van der Waals surface area contributed by atoms with Gasteiger partial charge >= 0.3 is 0 Å². The number of hydrogen-bond donors (Lipinski definition) is 1. The highest BCUT2D eigenvalue weighted by atomic mass is 16.7. The van der Waals surface area contributed by atoms with E-state index in [9.17, 15) is 0 Å². The minimum Gasteiger partial charge on any atom is -0.454 e. The Hall–Kier alpha value is -3.67. The maximum Gasteiger partial charge on any atom is 0.231 e. The summed E-state index contributed by atoms with van der Waals surface area (Å²) in [5.74, 6) is 1.87. The number of hydrogen-bond acceptors (Lipinski definition) is 6. The van der Waals surface area contributed by atoms with Crippen LogP contribution in [0.5, 0.6) is 11.5 Å². The van der Waals surface area contributed by atoms with Crippen molar-refractivity contribution in [3.63, 3.8) is 0 Å². The smallest absolute Gasteiger partial charge is 0.231 e. The zero-order valence-electron chi connectivity index (χ0n) is 13.7. The van der Waals surface area contributed by atoms with Gasteiger partial charge in [-0.2, -0.15) is 0 Å². The molecule has 2 N–H and O–H groups in total. The van der Waals surface area contributed by atoms with Crippen LogP contribution in [-0.2, 0) is 0 Å². The van der Waals surface area contributed by atoms with Crippen molar-refractivity contribution in [2.45, 2.75) is 0 Å². The van der Waals surface area contributed by atoms with Crippen molar-refractivity contribution >= 4 is 16.9 Å². The Morgan fingerprint density at radius 1 is 0.846 bits per heavy atom. The van der Waals surface area contributed by atoms with Crippen molar-refractivity contribution in [2.75, 3.05) is 12.5 Å². The zero-order chi connectivity index (χ0) is 17.5. The number of benzene rings is 2. The molecule has 2 aromatic heterocycles. The van der Waals surface area contributed by atoms with Crippen LogP contribution in [0, 0.1) is 0 Å². The fourth-order valence-electron chi connectivity index (χ4n) is 3.14. The summed E-state index contributed by atoms with van der Waals surface area (Å²) >= 11 is 0. The molecule has 6 heteroatoms. The number of nitrogen functional groups attached to an aromatic ring is 1. The number of aromatic nitrogens is 3. The first kappa shape index (κ1) is 14.7. The molecule has 0 saturated heterocycles. The molecule has 4 aromatic rings. The third kappa shape index (κ3) is 2.31. The van der Waals surface area contributed by atoms with E-state index >= 15 is 0 Å². The average Bonchev–Trinajstić information content (AvgIpc) is 3.16. The summed E-state index contributed by atoms with van der Waals surface area (Å²) < 4.78 is 10.9. The lowest BCUT2D eigenvalue weighted by molar-refractivity contribution is 0.174. The second kappa shape index (κ2) is 5.70. The van der Waals surface area contributed by atoms with Crippen molar-refractivity contribution in [3.8, 4) is 33.9 Å². The number of nitrogens with two attached hydrogens (primary N) is 1. The Morgan fingerprint density at radius 2 is 1.69 bits per heavy atom. The summed E-state index contributed by atoms with van der Waals surface area (Å²) in [5.41, 5.74) is 10.4. The van der Waals surface area contributed by atoms with Crippen LogP contribution in [0.15, 0.2) is 60.9 Å². The van der Waals surface area contributed by atoms with Crippen LogP contribution in [0.4, 0.5) is 5.82 Å². The van der Waals surface area contributed by atoms with Crippen LogP contribution in [0.25, 0.3) is 33.4 Å². The predicted molar refractivity (Wildman–Crippen MR) is 98.7 cm³/mol. The number of nitrogens with zero attached hydrogens (tertiary/aromatic N) is 3. The van der Waals surface area contributed by atoms with Crippen LogP contribution in [0.1, 0.15) is 0 Å². The molecule has 1 aliphatic rings. The van der Waals surface area contributed by atoms with Gasteiger partial charge in [0.2, 0.25) is 6.79 Å². The van der Waals surface area contributed by atoms with Crippen molar-refractivity contribution in [3.05, 3.63) is 60.9 Å². The molecular formula is C20H14N4O2. The molecular weight excluding hydrogens is 328 g/mol. The molecule has 0 atom stereocenters. The van der Waals surface area contributed by atoms with E-state index in [4.69, 9.17) is 20.2 Å². The third-order valence-corrected chi connectivity index (χ3v) is 4.39. The van der Waals surface area contributed by atoms with E-state index in [2.05, 4.69) is 9.97 Å². The molecule has 5 rings (SSSR count). The normalized spacial score (nSPS) is 12.5. The Balaban J connectivity index is 1.77. The van der Waals surface area contributed by atoms with E-state index in [1.807, 2.05) is 54.6 Å². The van der Waals surface area contributed by atoms with Gasteiger partial charge in [-0.1, -0.05) is 30.3 Å². The molecule has 2 aromatic carbocycles. The molecule has 26 heavy (non-hydrogen) atoms. The Bertz CT molecular complexity index is 1130. The van der Waals surface area contributed by atoms with Gasteiger partial charge in [0, 0.05) is 5.56 Å². The molecule has 0 bridgehead atoms. The van der Waals surface area contributed by atoms with Gasteiger partial charge < -0.3 is 15.2 Å². The lowest BCUT2D eigenvalue weighted by Crippen LogP contribution is -1.98. The van der Waals surface area contributed by atoms with Crippen LogP contribution >= 0.6 is 0 Å². The number of anilines is 1. The number of pyridine rings is 1. The monoisotopic (exact) mass is 342 g/mol. The maximum atomic E-state index is 6.13. The van der Waals surface area contributed by atoms with E-state index in [0.29, 0.717) is 17.2 Å². The van der Waals surface area contributed by atoms with Gasteiger partial charge in [-0.05, 0) is 35.4 Å². The Morgan fingerprint density at radius 3 is 2.58 bits per heavy atom. The molecule has 0 radical (unpaired) electrons. The lowest BCUT2D eigenvalue weighted by Gasteiger charge is -2.11. The largest absolute Gasteiger partial charge is 0.454 e. The molecule has 0 amide bonds. The molecule has 126 valence electrons. The van der Waals surface area contributed by atoms with Crippen LogP contribution in [0.2, 0.25) is 0 Å². The van der Waals surface area contributed by atoms with E-state index < -0.39 is 0 Å². The molecule has 0 aliphatic carbocycles. The van der Waals surface area contributed by atoms with E-state index in [1.165, 1.54) is 6.33 Å². The fourth-order valence-corrected chi connectivity index (χ4v) is 3.14. The van der Waals surface area contributed by atoms with Crippen molar-refractivity contribution in [1.29, 1.82) is 0 Å². The van der Waals surface area contributed by atoms with E-state index in [1.54, 1.807) is 0 Å². The van der Waals surface area contributed by atoms with Gasteiger partial charge in [0.1, 0.15) is 12.1 Å². The molecule has 1 aliphatic heterocycles. The summed E-state index contributed by atoms with van der Waals surface area (Å²) in [5, 5.41) is 0.753. The van der Waals surface area contributed by atoms with Crippen LogP contribution in [0.3, 0.4) is 0 Å². The van der Waals surface area contributed by atoms with Gasteiger partial charge in [-0.25, -0.2) is 15.0 Å². The first-order chi connectivity index (χ1) is 12.8. The van der Waals surface area contributed by atoms with Gasteiger partial charge in [0.25, 0.3) is 0 Å². The zero-order valence-corrected chi connectivity index (χ0v) is 13.7. The predicted octanol–water partition coefficient (Wildman–Crippen LogP) is 3.67. The molecule has 3 heterocycles. The van der Waals surface area contributed by atoms with E-state index in [-0.39, 0.29) is 6.79 Å². The van der Waals surface area contributed by atoms with Gasteiger partial charge in [-0.3, -0.25) is 0 Å². The molecule has 0 unspecified atom stereocenters. The first-order valence-electron chi connectivity index (χ1n) is 8.16. The van der Waals surface area contributed by atoms with Crippen LogP contribution in [-0.4, -0.2) is 21.7 Å². The number of rotatable bonds is 2. The Kier molecular flexibility index (Phi) is 3.21. The van der Waals surface area contributed by atoms with Crippen molar-refractivity contribution in [2.24, 2.45) is 0 Å². The lowest BCUT2D eigenvalue weighted by atomic mass is 10.00. The standard InChI is InChI=1S/C20H14N4O2/c21-19-18-14(12-4-2-1-3-5-12)9-15(24-20(18)23-10-22-19)13-6-7-16-17(8-13)26-11-25-16/h1-10H,11H2,(H2,21,22,23,24). The second-order valence-electron chi connectivity index (χ2n) is 5.95. The highest BCUT2D eigenvalue weighted by Crippen LogP contribution is 2.38. The summed E-state index contributed by atoms with van der Waals surface area (Å²) in [4.78, 5) is 13.2. The fraction of sp³-hybridized carbons (Fsp3) is 0.0500. The molecule has 6 nitrogen and oxygen atoms in total. The molecule has 0 spiro atoms. The average molecular weight is 342 g/mol. The van der Waals surface area contributed by atoms with Gasteiger partial charge in [-0.15, -0.1) is 0 Å². The summed E-state index contributed by atoms with van der Waals surface area (Å²) in [6, 6.07) is 17.8. The van der Waals surface area contributed by atoms with Crippen molar-refractivity contribution < 1.29 is 9.47 Å². The highest BCUT2D eigenvalue weighted by molar-refractivity contribution is 6.00. The number of ether oxygens (including phenoxy) is 2. The second-order valence-corrected chi connectivity index (χ2v) is 5.95. The third-order valence-electron chi connectivity index (χ3n) is 4.39. The SMILES string of the molecule is Nc1ncnc2nc(-c3ccc4c(c3)OCO4)cc(-c3ccccc3)c12. The maximum absolute atomic E-state index is 6.13. The van der Waals surface area contributed by atoms with E-state index in [0.717, 1.165) is 33.5 Å². The quantitative estimate of drug-likeness (QED) is 0.598. The van der Waals surface area contributed by atoms with Crippen molar-refractivity contribution in [1.82, 2.24) is 15.0 Å². The summed E-state index contributed by atoms with van der Waals surface area (Å²) in [6.45, 7) is 0.239. The molecule has 0 saturated carbocycles. The molecule has 0 fully saturated rings. The first-order valence-corrected chi connectivity index (χ1v) is 8.16.